The quantitative estimate of drug-likeness (QED) is 0.735. The van der Waals surface area contributed by atoms with E-state index in [2.05, 4.69) is 17.2 Å². The van der Waals surface area contributed by atoms with E-state index in [1.165, 1.54) is 0 Å². The molecule has 1 amide bonds. The minimum absolute atomic E-state index is 0.0411. The number of amides is 1. The highest BCUT2D eigenvalue weighted by Crippen LogP contribution is 1.96. The van der Waals surface area contributed by atoms with E-state index < -0.39 is 0 Å². The van der Waals surface area contributed by atoms with Gasteiger partial charge in [-0.15, -0.1) is 6.58 Å². The summed E-state index contributed by atoms with van der Waals surface area (Å²) in [6.45, 7) is 4.39. The van der Waals surface area contributed by atoms with Crippen molar-refractivity contribution >= 4 is 5.91 Å². The lowest BCUT2D eigenvalue weighted by Crippen LogP contribution is -2.17. The van der Waals surface area contributed by atoms with Crippen molar-refractivity contribution < 1.29 is 4.79 Å². The van der Waals surface area contributed by atoms with E-state index in [4.69, 9.17) is 0 Å². The Morgan fingerprint density at radius 1 is 1.33 bits per heavy atom. The van der Waals surface area contributed by atoms with Gasteiger partial charge in [0.25, 0.3) is 5.91 Å². The molecule has 0 spiro atoms. The number of nitrogens with one attached hydrogen (secondary N) is 2. The topological polar surface area (TPSA) is 41.1 Å². The summed E-state index contributed by atoms with van der Waals surface area (Å²) in [4.78, 5) is 10.9. The molecule has 3 heteroatoms. The van der Waals surface area contributed by atoms with Gasteiger partial charge in [0.2, 0.25) is 0 Å². The Morgan fingerprint density at radius 3 is 2.27 bits per heavy atom. The monoisotopic (exact) mass is 206 g/mol. The Kier molecular flexibility index (Phi) is 8.00. The zero-order chi connectivity index (χ0) is 11.5. The summed E-state index contributed by atoms with van der Waals surface area (Å²) in [5.74, 6) is -0.0411. The summed E-state index contributed by atoms with van der Waals surface area (Å²) in [5, 5.41) is 5.44. The number of rotatable bonds is 3. The van der Waals surface area contributed by atoms with E-state index in [0.29, 0.717) is 5.56 Å². The summed E-state index contributed by atoms with van der Waals surface area (Å²) >= 11 is 0. The van der Waals surface area contributed by atoms with Crippen molar-refractivity contribution in [2.45, 2.75) is 0 Å². The first kappa shape index (κ1) is 13.4. The van der Waals surface area contributed by atoms with Crippen molar-refractivity contribution in [2.24, 2.45) is 0 Å². The molecule has 0 aromatic heterocycles. The zero-order valence-electron chi connectivity index (χ0n) is 9.29. The molecule has 0 aliphatic carbocycles. The highest BCUT2D eigenvalue weighted by molar-refractivity contribution is 5.93. The van der Waals surface area contributed by atoms with Crippen LogP contribution in [0.25, 0.3) is 0 Å². The van der Waals surface area contributed by atoms with E-state index in [9.17, 15) is 4.79 Å². The summed E-state index contributed by atoms with van der Waals surface area (Å²) in [6, 6.07) is 9.11. The second-order valence-corrected chi connectivity index (χ2v) is 2.79. The summed E-state index contributed by atoms with van der Waals surface area (Å²) in [6.07, 6.45) is 1.82. The lowest BCUT2D eigenvalue weighted by atomic mass is 10.2. The number of carbonyl (C=O) groups excluding carboxylic acids is 1. The van der Waals surface area contributed by atoms with Crippen LogP contribution in [0.2, 0.25) is 0 Å². The molecule has 0 saturated heterocycles. The molecule has 1 aromatic carbocycles. The Hall–Kier alpha value is -1.61. The number of benzene rings is 1. The molecule has 0 saturated carbocycles. The van der Waals surface area contributed by atoms with Gasteiger partial charge >= 0.3 is 0 Å². The molecule has 15 heavy (non-hydrogen) atoms. The molecule has 0 aliphatic rings. The van der Waals surface area contributed by atoms with E-state index in [-0.39, 0.29) is 5.91 Å². The van der Waals surface area contributed by atoms with Gasteiger partial charge in [0.15, 0.2) is 0 Å². The highest BCUT2D eigenvalue weighted by Gasteiger charge is 1.97. The van der Waals surface area contributed by atoms with Crippen LogP contribution >= 0.6 is 0 Å². The Balaban J connectivity index is 0.000000336. The van der Waals surface area contributed by atoms with Crippen molar-refractivity contribution in [3.63, 3.8) is 0 Å². The second kappa shape index (κ2) is 8.97. The molecule has 0 aliphatic heterocycles. The second-order valence-electron chi connectivity index (χ2n) is 2.79. The SMILES string of the molecule is C=CCNC.CNC(=O)c1ccccc1. The normalized spacial score (nSPS) is 8.40. The van der Waals surface area contributed by atoms with Gasteiger partial charge in [-0.3, -0.25) is 4.79 Å². The van der Waals surface area contributed by atoms with Crippen LogP contribution in [0.1, 0.15) is 10.4 Å². The summed E-state index contributed by atoms with van der Waals surface area (Å²) < 4.78 is 0. The fourth-order valence-electron chi connectivity index (χ4n) is 0.878. The van der Waals surface area contributed by atoms with Crippen LogP contribution < -0.4 is 10.6 Å². The van der Waals surface area contributed by atoms with Gasteiger partial charge < -0.3 is 10.6 Å². The third kappa shape index (κ3) is 6.46. The third-order valence-electron chi connectivity index (χ3n) is 1.61. The molecule has 3 nitrogen and oxygen atoms in total. The van der Waals surface area contributed by atoms with Gasteiger partial charge in [0.1, 0.15) is 0 Å². The van der Waals surface area contributed by atoms with Crippen LogP contribution in [0.4, 0.5) is 0 Å². The van der Waals surface area contributed by atoms with Gasteiger partial charge in [0.05, 0.1) is 0 Å². The van der Waals surface area contributed by atoms with Crippen molar-refractivity contribution in [3.05, 3.63) is 48.6 Å². The zero-order valence-corrected chi connectivity index (χ0v) is 9.29. The lowest BCUT2D eigenvalue weighted by Gasteiger charge is -1.96. The minimum Gasteiger partial charge on any atom is -0.355 e. The molecule has 0 unspecified atom stereocenters. The third-order valence-corrected chi connectivity index (χ3v) is 1.61. The maximum atomic E-state index is 10.9. The van der Waals surface area contributed by atoms with Crippen molar-refractivity contribution in [1.29, 1.82) is 0 Å². The average Bonchev–Trinajstić information content (AvgIpc) is 2.31. The molecule has 0 radical (unpaired) electrons. The van der Waals surface area contributed by atoms with Crippen LogP contribution in [0.5, 0.6) is 0 Å². The average molecular weight is 206 g/mol. The van der Waals surface area contributed by atoms with Crippen LogP contribution in [-0.4, -0.2) is 26.5 Å². The first-order chi connectivity index (χ1) is 7.26. The number of hydrogen-bond acceptors (Lipinski definition) is 2. The standard InChI is InChI=1S/C8H9NO.C4H9N/c1-9-8(10)7-5-3-2-4-6-7;1-3-4-5-2/h2-6H,1H3,(H,9,10);3,5H,1,4H2,2H3. The van der Waals surface area contributed by atoms with E-state index >= 15 is 0 Å². The van der Waals surface area contributed by atoms with Crippen LogP contribution in [0.15, 0.2) is 43.0 Å². The maximum Gasteiger partial charge on any atom is 0.251 e. The predicted molar refractivity (Wildman–Crippen MR) is 64.0 cm³/mol. The molecule has 1 aromatic rings. The Morgan fingerprint density at radius 2 is 1.93 bits per heavy atom. The van der Waals surface area contributed by atoms with Gasteiger partial charge in [-0.2, -0.15) is 0 Å². The Bertz CT molecular complexity index is 283. The van der Waals surface area contributed by atoms with E-state index in [1.807, 2.05) is 31.3 Å². The molecular weight excluding hydrogens is 188 g/mol. The number of likely N-dealkylation sites (N-methyl/N-ethyl adjacent to an activating group) is 1. The number of carbonyl (C=O) groups is 1. The van der Waals surface area contributed by atoms with Crippen LogP contribution in [0, 0.1) is 0 Å². The molecule has 2 N–H and O–H groups in total. The fourth-order valence-corrected chi connectivity index (χ4v) is 0.878. The first-order valence-corrected chi connectivity index (χ1v) is 4.78. The number of hydrogen-bond donors (Lipinski definition) is 2. The molecule has 1 rings (SSSR count). The lowest BCUT2D eigenvalue weighted by molar-refractivity contribution is 0.0963. The van der Waals surface area contributed by atoms with Gasteiger partial charge in [-0.1, -0.05) is 24.3 Å². The predicted octanol–water partition coefficient (Wildman–Crippen LogP) is 1.44. The molecule has 82 valence electrons. The van der Waals surface area contributed by atoms with E-state index in [0.717, 1.165) is 6.54 Å². The smallest absolute Gasteiger partial charge is 0.251 e. The molecule has 0 bridgehead atoms. The molecule has 0 fully saturated rings. The highest BCUT2D eigenvalue weighted by atomic mass is 16.1. The van der Waals surface area contributed by atoms with Gasteiger partial charge in [-0.05, 0) is 19.2 Å². The fraction of sp³-hybridized carbons (Fsp3) is 0.250. The maximum absolute atomic E-state index is 10.9. The van der Waals surface area contributed by atoms with Gasteiger partial charge in [-0.25, -0.2) is 0 Å². The van der Waals surface area contributed by atoms with Crippen LogP contribution in [0.3, 0.4) is 0 Å². The van der Waals surface area contributed by atoms with Gasteiger partial charge in [0, 0.05) is 19.2 Å². The van der Waals surface area contributed by atoms with Crippen LogP contribution in [-0.2, 0) is 0 Å². The first-order valence-electron chi connectivity index (χ1n) is 4.78. The largest absolute Gasteiger partial charge is 0.355 e. The minimum atomic E-state index is -0.0411. The Labute approximate surface area is 91.2 Å². The molecule has 0 heterocycles. The summed E-state index contributed by atoms with van der Waals surface area (Å²) in [5.41, 5.74) is 0.699. The van der Waals surface area contributed by atoms with Crippen molar-refractivity contribution in [3.8, 4) is 0 Å². The molecule has 0 atom stereocenters. The summed E-state index contributed by atoms with van der Waals surface area (Å²) in [7, 11) is 3.51. The molecular formula is C12H18N2O. The van der Waals surface area contributed by atoms with Crippen molar-refractivity contribution in [2.75, 3.05) is 20.6 Å². The van der Waals surface area contributed by atoms with Crippen molar-refractivity contribution in [1.82, 2.24) is 10.6 Å². The van der Waals surface area contributed by atoms with E-state index in [1.54, 1.807) is 19.2 Å².